The predicted octanol–water partition coefficient (Wildman–Crippen LogP) is 6.63. The van der Waals surface area contributed by atoms with E-state index in [1.807, 2.05) is 19.1 Å². The van der Waals surface area contributed by atoms with Gasteiger partial charge >= 0.3 is 0 Å². The van der Waals surface area contributed by atoms with E-state index in [1.54, 1.807) is 0 Å². The maximum absolute atomic E-state index is 3.98. The Hall–Kier alpha value is -2.74. The average molecular weight is 316 g/mol. The molecule has 3 rings (SSSR count). The van der Waals surface area contributed by atoms with E-state index in [2.05, 4.69) is 78.7 Å². The van der Waals surface area contributed by atoms with E-state index in [9.17, 15) is 0 Å². The summed E-state index contributed by atoms with van der Waals surface area (Å²) in [4.78, 5) is 3.57. The summed E-state index contributed by atoms with van der Waals surface area (Å²) in [5.74, 6) is 0. The molecule has 1 aromatic carbocycles. The van der Waals surface area contributed by atoms with Crippen LogP contribution in [-0.2, 0) is 0 Å². The molecule has 0 aliphatic rings. The van der Waals surface area contributed by atoms with Gasteiger partial charge in [-0.05, 0) is 44.6 Å². The van der Waals surface area contributed by atoms with Crippen LogP contribution in [0, 0.1) is 0 Å². The molecule has 0 spiro atoms. The van der Waals surface area contributed by atoms with Gasteiger partial charge < -0.3 is 9.55 Å². The van der Waals surface area contributed by atoms with Gasteiger partial charge in [-0.15, -0.1) is 0 Å². The molecule has 24 heavy (non-hydrogen) atoms. The smallest absolute Gasteiger partial charge is 0.0560 e. The molecule has 0 saturated carbocycles. The number of allylic oxidation sites excluding steroid dienone is 5. The number of nitrogens with zero attached hydrogens (tertiary/aromatic N) is 1. The second-order valence-corrected chi connectivity index (χ2v) is 5.80. The highest BCUT2D eigenvalue weighted by molar-refractivity contribution is 6.09. The van der Waals surface area contributed by atoms with Crippen LogP contribution < -0.4 is 0 Å². The third-order valence-electron chi connectivity index (χ3n) is 4.28. The van der Waals surface area contributed by atoms with Gasteiger partial charge in [-0.25, -0.2) is 0 Å². The quantitative estimate of drug-likeness (QED) is 0.510. The van der Waals surface area contributed by atoms with Crippen LogP contribution in [0.5, 0.6) is 0 Å². The molecule has 0 unspecified atom stereocenters. The topological polar surface area (TPSA) is 20.7 Å². The largest absolute Gasteiger partial charge is 0.354 e. The van der Waals surface area contributed by atoms with Gasteiger partial charge in [-0.1, -0.05) is 43.9 Å². The monoisotopic (exact) mass is 316 g/mol. The maximum atomic E-state index is 3.98. The number of fused-ring (bicyclic) bond motifs is 3. The molecule has 2 nitrogen and oxygen atoms in total. The van der Waals surface area contributed by atoms with Crippen molar-refractivity contribution < 1.29 is 0 Å². The van der Waals surface area contributed by atoms with Crippen molar-refractivity contribution in [3.8, 4) is 0 Å². The van der Waals surface area contributed by atoms with Crippen molar-refractivity contribution in [2.45, 2.75) is 27.2 Å². The molecular formula is C22H24N2. The third kappa shape index (κ3) is 2.54. The molecule has 0 saturated heterocycles. The van der Waals surface area contributed by atoms with Crippen LogP contribution in [0.1, 0.15) is 38.4 Å². The first-order chi connectivity index (χ1) is 11.7. The van der Waals surface area contributed by atoms with E-state index in [0.29, 0.717) is 0 Å². The Kier molecular flexibility index (Phi) is 4.57. The Morgan fingerprint density at radius 1 is 1.17 bits per heavy atom. The molecule has 2 heterocycles. The van der Waals surface area contributed by atoms with E-state index in [-0.39, 0.29) is 0 Å². The number of hydrogen-bond acceptors (Lipinski definition) is 0. The minimum Gasteiger partial charge on any atom is -0.354 e. The van der Waals surface area contributed by atoms with Crippen molar-refractivity contribution in [3.05, 3.63) is 66.5 Å². The fourth-order valence-electron chi connectivity index (χ4n) is 3.29. The Bertz CT molecular complexity index is 974. The summed E-state index contributed by atoms with van der Waals surface area (Å²) in [5.41, 5.74) is 5.87. The van der Waals surface area contributed by atoms with Gasteiger partial charge in [-0.3, -0.25) is 0 Å². The molecule has 0 radical (unpaired) electrons. The molecule has 2 heteroatoms. The van der Waals surface area contributed by atoms with Crippen molar-refractivity contribution in [2.24, 2.45) is 0 Å². The van der Waals surface area contributed by atoms with Crippen molar-refractivity contribution in [1.82, 2.24) is 9.55 Å². The molecule has 0 bridgehead atoms. The fourth-order valence-corrected chi connectivity index (χ4v) is 3.29. The van der Waals surface area contributed by atoms with Crippen LogP contribution in [0.15, 0.2) is 55.3 Å². The second-order valence-electron chi connectivity index (χ2n) is 5.80. The molecule has 122 valence electrons. The standard InChI is InChI=1S/C22H24N2/c1-5-9-16(10-6-2)24-15-14-19-21(24)13-12-18-17(8-4)20(11-7-3)23-22(18)19/h5,7-15,23H,4,6H2,1-3H3/b9-5-,11-7-,16-10+. The highest BCUT2D eigenvalue weighted by Gasteiger charge is 2.12. The van der Waals surface area contributed by atoms with Crippen molar-refractivity contribution in [2.75, 3.05) is 0 Å². The fraction of sp³-hybridized carbons (Fsp3) is 0.182. The SMILES string of the molecule is C=Cc1c(/C=C\C)[nH]c2c1ccc1c2ccn1C(/C=C\C)=C/CC. The van der Waals surface area contributed by atoms with Crippen molar-refractivity contribution >= 4 is 39.7 Å². The van der Waals surface area contributed by atoms with Gasteiger partial charge in [0.25, 0.3) is 0 Å². The van der Waals surface area contributed by atoms with Crippen LogP contribution in [-0.4, -0.2) is 9.55 Å². The van der Waals surface area contributed by atoms with Crippen LogP contribution >= 0.6 is 0 Å². The minimum atomic E-state index is 1.01. The van der Waals surface area contributed by atoms with Gasteiger partial charge in [0.1, 0.15) is 0 Å². The van der Waals surface area contributed by atoms with Crippen LogP contribution in [0.25, 0.3) is 39.7 Å². The number of aromatic amines is 1. The van der Waals surface area contributed by atoms with Gasteiger partial charge in [0.15, 0.2) is 0 Å². The number of H-pyrrole nitrogens is 1. The molecule has 2 aromatic heterocycles. The summed E-state index contributed by atoms with van der Waals surface area (Å²) in [6, 6.07) is 6.58. The lowest BCUT2D eigenvalue weighted by atomic mass is 10.1. The summed E-state index contributed by atoms with van der Waals surface area (Å²) < 4.78 is 2.25. The molecule has 0 aliphatic carbocycles. The Balaban J connectivity index is 2.31. The summed E-state index contributed by atoms with van der Waals surface area (Å²) >= 11 is 0. The zero-order valence-corrected chi connectivity index (χ0v) is 14.6. The first-order valence-electron chi connectivity index (χ1n) is 8.49. The molecule has 1 N–H and O–H groups in total. The van der Waals surface area contributed by atoms with E-state index >= 15 is 0 Å². The molecule has 3 aromatic rings. The lowest BCUT2D eigenvalue weighted by Crippen LogP contribution is -1.92. The summed E-state index contributed by atoms with van der Waals surface area (Å²) in [6.07, 6.45) is 15.7. The summed E-state index contributed by atoms with van der Waals surface area (Å²) in [5, 5.41) is 2.45. The van der Waals surface area contributed by atoms with Gasteiger partial charge in [0.2, 0.25) is 0 Å². The highest BCUT2D eigenvalue weighted by Crippen LogP contribution is 2.32. The maximum Gasteiger partial charge on any atom is 0.0560 e. The van der Waals surface area contributed by atoms with Gasteiger partial charge in [0.05, 0.1) is 11.0 Å². The highest BCUT2D eigenvalue weighted by atomic mass is 15.0. The number of rotatable bonds is 5. The molecule has 0 aliphatic heterocycles. The lowest BCUT2D eigenvalue weighted by molar-refractivity contribution is 1.13. The molecule has 0 atom stereocenters. The first kappa shape index (κ1) is 16.1. The van der Waals surface area contributed by atoms with E-state index < -0.39 is 0 Å². The molecule has 0 amide bonds. The van der Waals surface area contributed by atoms with Gasteiger partial charge in [-0.2, -0.15) is 0 Å². The van der Waals surface area contributed by atoms with Crippen molar-refractivity contribution in [3.63, 3.8) is 0 Å². The predicted molar refractivity (Wildman–Crippen MR) is 108 cm³/mol. The summed E-state index contributed by atoms with van der Waals surface area (Å²) in [6.45, 7) is 10.2. The van der Waals surface area contributed by atoms with Crippen LogP contribution in [0.4, 0.5) is 0 Å². The Labute approximate surface area is 143 Å². The minimum absolute atomic E-state index is 1.01. The third-order valence-corrected chi connectivity index (χ3v) is 4.28. The summed E-state index contributed by atoms with van der Waals surface area (Å²) in [7, 11) is 0. The molecular weight excluding hydrogens is 292 g/mol. The van der Waals surface area contributed by atoms with Crippen LogP contribution in [0.2, 0.25) is 0 Å². The number of hydrogen-bond donors (Lipinski definition) is 1. The number of benzene rings is 1. The van der Waals surface area contributed by atoms with Crippen LogP contribution in [0.3, 0.4) is 0 Å². The van der Waals surface area contributed by atoms with Crippen molar-refractivity contribution in [1.29, 1.82) is 0 Å². The normalized spacial score (nSPS) is 13.0. The van der Waals surface area contributed by atoms with Gasteiger partial charge in [0, 0.05) is 33.9 Å². The van der Waals surface area contributed by atoms with E-state index in [0.717, 1.165) is 17.7 Å². The first-order valence-corrected chi connectivity index (χ1v) is 8.49. The average Bonchev–Trinajstić information content (AvgIpc) is 3.15. The Morgan fingerprint density at radius 2 is 2.00 bits per heavy atom. The van der Waals surface area contributed by atoms with E-state index in [1.165, 1.54) is 27.5 Å². The number of nitrogens with one attached hydrogen (secondary N) is 1. The number of aromatic nitrogens is 2. The lowest BCUT2D eigenvalue weighted by Gasteiger charge is -2.07. The Morgan fingerprint density at radius 3 is 2.67 bits per heavy atom. The zero-order valence-electron chi connectivity index (χ0n) is 14.6. The zero-order chi connectivity index (χ0) is 17.1. The second kappa shape index (κ2) is 6.79. The molecule has 0 fully saturated rings. The van der Waals surface area contributed by atoms with E-state index in [4.69, 9.17) is 0 Å².